The molecule has 2 aromatic rings. The molecule has 10 nitrogen and oxygen atoms in total. The number of nitrogens with one attached hydrogen (secondary N) is 2. The minimum absolute atomic E-state index is 0.110. The number of primary amides is 1. The highest BCUT2D eigenvalue weighted by Crippen LogP contribution is 2.39. The van der Waals surface area contributed by atoms with Crippen LogP contribution in [0, 0.1) is 11.3 Å². The van der Waals surface area contributed by atoms with Crippen molar-refractivity contribution in [1.82, 2.24) is 5.32 Å². The van der Waals surface area contributed by atoms with Crippen LogP contribution in [0.1, 0.15) is 15.9 Å². The number of hydrogen-bond donors (Lipinski definition) is 3. The maximum absolute atomic E-state index is 11.8. The highest BCUT2D eigenvalue weighted by atomic mass is 35.5. The quantitative estimate of drug-likeness (QED) is 0.267. The van der Waals surface area contributed by atoms with Gasteiger partial charge in [0.1, 0.15) is 11.8 Å². The van der Waals surface area contributed by atoms with E-state index in [0.29, 0.717) is 24.3 Å². The second kappa shape index (κ2) is 9.34. The van der Waals surface area contributed by atoms with Crippen LogP contribution < -0.4 is 21.2 Å². The van der Waals surface area contributed by atoms with E-state index in [0.717, 1.165) is 5.56 Å². The summed E-state index contributed by atoms with van der Waals surface area (Å²) in [4.78, 5) is 34.0. The summed E-state index contributed by atoms with van der Waals surface area (Å²) in [5.74, 6) is -0.860. The summed E-state index contributed by atoms with van der Waals surface area (Å²) in [6, 6.07) is 9.27. The van der Waals surface area contributed by atoms with E-state index < -0.39 is 17.8 Å². The number of ether oxygens (including phenoxy) is 2. The van der Waals surface area contributed by atoms with Gasteiger partial charge in [-0.25, -0.2) is 9.59 Å². The Labute approximate surface area is 185 Å². The monoisotopic (exact) mass is 461 g/mol. The van der Waals surface area contributed by atoms with Gasteiger partial charge in [-0.1, -0.05) is 23.2 Å². The van der Waals surface area contributed by atoms with E-state index in [1.165, 1.54) is 18.2 Å². The van der Waals surface area contributed by atoms with Crippen molar-refractivity contribution in [2.24, 2.45) is 10.8 Å². The number of nitriles is 1. The average molecular weight is 462 g/mol. The van der Waals surface area contributed by atoms with Crippen LogP contribution in [0.2, 0.25) is 10.0 Å². The number of carbonyl (C=O) groups excluding carboxylic acids is 3. The zero-order valence-corrected chi connectivity index (χ0v) is 17.1. The number of halogens is 2. The van der Waals surface area contributed by atoms with Crippen molar-refractivity contribution >= 4 is 52.6 Å². The molecule has 0 unspecified atom stereocenters. The highest BCUT2D eigenvalue weighted by Gasteiger charge is 2.19. The molecule has 0 bridgehead atoms. The number of nitrogens with zero attached hydrogens (tertiary/aromatic N) is 2. The Bertz CT molecular complexity index is 1140. The fourth-order valence-electron chi connectivity index (χ4n) is 2.68. The molecule has 2 aromatic carbocycles. The number of rotatable bonds is 5. The van der Waals surface area contributed by atoms with E-state index in [1.54, 1.807) is 18.2 Å². The second-order valence-electron chi connectivity index (χ2n) is 6.09. The van der Waals surface area contributed by atoms with Crippen molar-refractivity contribution in [2.75, 3.05) is 12.0 Å². The molecule has 0 radical (unpaired) electrons. The van der Waals surface area contributed by atoms with Crippen molar-refractivity contribution in [3.8, 4) is 17.6 Å². The molecule has 31 heavy (non-hydrogen) atoms. The average Bonchev–Trinajstić information content (AvgIpc) is 2.71. The Morgan fingerprint density at radius 1 is 1.23 bits per heavy atom. The molecular formula is C19H13Cl2N5O5. The standard InChI is InChI=1S/C19H13Cl2N5O5/c20-13-6-10(25-26-15(8-22)18(28)31-19(23)29)7-14(21)16(13)30-11-1-2-12-9(5-11)3-4-24-17(12)27/h1-2,5-7,25H,3-4H2,(H2,23,29)(H,24,27). The number of hydrogen-bond acceptors (Lipinski definition) is 8. The summed E-state index contributed by atoms with van der Waals surface area (Å²) in [6.07, 6.45) is -0.705. The van der Waals surface area contributed by atoms with Gasteiger partial charge >= 0.3 is 12.1 Å². The first-order valence-corrected chi connectivity index (χ1v) is 9.37. The van der Waals surface area contributed by atoms with Gasteiger partial charge < -0.3 is 20.5 Å². The highest BCUT2D eigenvalue weighted by molar-refractivity contribution is 6.44. The number of benzene rings is 2. The molecule has 0 aliphatic carbocycles. The first-order chi connectivity index (χ1) is 14.8. The minimum atomic E-state index is -1.37. The Kier molecular flexibility index (Phi) is 6.59. The number of fused-ring (bicyclic) bond motifs is 1. The summed E-state index contributed by atoms with van der Waals surface area (Å²) < 4.78 is 9.87. The van der Waals surface area contributed by atoms with Crippen molar-refractivity contribution in [3.63, 3.8) is 0 Å². The van der Waals surface area contributed by atoms with E-state index in [-0.39, 0.29) is 27.4 Å². The van der Waals surface area contributed by atoms with Gasteiger partial charge in [-0.05, 0) is 42.3 Å². The maximum Gasteiger partial charge on any atom is 0.412 e. The van der Waals surface area contributed by atoms with Crippen LogP contribution in [-0.4, -0.2) is 30.2 Å². The zero-order valence-electron chi connectivity index (χ0n) is 15.6. The lowest BCUT2D eigenvalue weighted by atomic mass is 10.0. The second-order valence-corrected chi connectivity index (χ2v) is 6.90. The zero-order chi connectivity index (χ0) is 22.5. The number of anilines is 1. The van der Waals surface area contributed by atoms with Crippen molar-refractivity contribution in [3.05, 3.63) is 51.5 Å². The minimum Gasteiger partial charge on any atom is -0.454 e. The molecule has 1 heterocycles. The molecule has 1 aliphatic rings. The first-order valence-electron chi connectivity index (χ1n) is 8.62. The van der Waals surface area contributed by atoms with Crippen LogP contribution in [0.5, 0.6) is 11.5 Å². The van der Waals surface area contributed by atoms with Crippen molar-refractivity contribution < 1.29 is 23.9 Å². The summed E-state index contributed by atoms with van der Waals surface area (Å²) >= 11 is 12.5. The third-order valence-electron chi connectivity index (χ3n) is 4.01. The molecule has 0 aromatic heterocycles. The molecule has 158 valence electrons. The lowest BCUT2D eigenvalue weighted by Gasteiger charge is -2.18. The van der Waals surface area contributed by atoms with Crippen molar-refractivity contribution in [2.45, 2.75) is 6.42 Å². The molecular weight excluding hydrogens is 449 g/mol. The summed E-state index contributed by atoms with van der Waals surface area (Å²) in [6.45, 7) is 0.537. The Morgan fingerprint density at radius 3 is 2.58 bits per heavy atom. The first kappa shape index (κ1) is 21.9. The van der Waals surface area contributed by atoms with Gasteiger partial charge in [-0.3, -0.25) is 10.2 Å². The van der Waals surface area contributed by atoms with Crippen LogP contribution in [0.15, 0.2) is 35.4 Å². The van der Waals surface area contributed by atoms with Crippen LogP contribution in [-0.2, 0) is 16.0 Å². The van der Waals surface area contributed by atoms with Crippen LogP contribution in [0.3, 0.4) is 0 Å². The van der Waals surface area contributed by atoms with E-state index in [1.807, 2.05) is 0 Å². The normalized spacial score (nSPS) is 12.8. The van der Waals surface area contributed by atoms with Gasteiger partial charge in [0.15, 0.2) is 5.75 Å². The van der Waals surface area contributed by atoms with Gasteiger partial charge in [0.05, 0.1) is 15.7 Å². The SMILES string of the molecule is N#CC(=NNc1cc(Cl)c(Oc2ccc3c(c2)CCNC3=O)c(Cl)c1)C(=O)OC(N)=O. The summed E-state index contributed by atoms with van der Waals surface area (Å²) in [7, 11) is 0. The third-order valence-corrected chi connectivity index (χ3v) is 4.57. The molecule has 2 amide bonds. The van der Waals surface area contributed by atoms with Gasteiger partial charge in [0.2, 0.25) is 5.71 Å². The topological polar surface area (TPSA) is 156 Å². The Morgan fingerprint density at radius 2 is 1.94 bits per heavy atom. The predicted octanol–water partition coefficient (Wildman–Crippen LogP) is 2.98. The molecule has 0 saturated heterocycles. The van der Waals surface area contributed by atoms with E-state index in [9.17, 15) is 14.4 Å². The molecule has 4 N–H and O–H groups in total. The summed E-state index contributed by atoms with van der Waals surface area (Å²) in [5, 5.41) is 15.5. The maximum atomic E-state index is 11.8. The van der Waals surface area contributed by atoms with E-state index in [4.69, 9.17) is 38.9 Å². The number of carbonyl (C=O) groups is 3. The van der Waals surface area contributed by atoms with Crippen molar-refractivity contribution in [1.29, 1.82) is 5.26 Å². The molecule has 1 aliphatic heterocycles. The fraction of sp³-hybridized carbons (Fsp3) is 0.105. The number of hydrazone groups is 1. The number of amides is 2. The smallest absolute Gasteiger partial charge is 0.412 e. The van der Waals surface area contributed by atoms with E-state index in [2.05, 4.69) is 20.6 Å². The number of esters is 1. The largest absolute Gasteiger partial charge is 0.454 e. The molecule has 0 saturated carbocycles. The van der Waals surface area contributed by atoms with E-state index >= 15 is 0 Å². The molecule has 0 fully saturated rings. The Balaban J connectivity index is 1.79. The molecule has 3 rings (SSSR count). The van der Waals surface area contributed by atoms with Gasteiger partial charge in [-0.2, -0.15) is 10.4 Å². The van der Waals surface area contributed by atoms with Crippen LogP contribution in [0.4, 0.5) is 10.5 Å². The van der Waals surface area contributed by atoms with Gasteiger partial charge in [-0.15, -0.1) is 0 Å². The Hall–Kier alpha value is -3.81. The lowest BCUT2D eigenvalue weighted by Crippen LogP contribution is -2.31. The molecule has 0 atom stereocenters. The van der Waals surface area contributed by atoms with Crippen LogP contribution >= 0.6 is 23.2 Å². The third kappa shape index (κ3) is 5.22. The van der Waals surface area contributed by atoms with Gasteiger partial charge in [0.25, 0.3) is 5.91 Å². The fourth-order valence-corrected chi connectivity index (χ4v) is 3.25. The molecule has 12 heteroatoms. The number of nitrogens with two attached hydrogens (primary N) is 1. The predicted molar refractivity (Wildman–Crippen MR) is 111 cm³/mol. The lowest BCUT2D eigenvalue weighted by molar-refractivity contribution is -0.129. The van der Waals surface area contributed by atoms with Crippen LogP contribution in [0.25, 0.3) is 0 Å². The van der Waals surface area contributed by atoms with Gasteiger partial charge in [0, 0.05) is 12.1 Å². The summed E-state index contributed by atoms with van der Waals surface area (Å²) in [5.41, 5.74) is 8.03. The molecule has 0 spiro atoms.